The molecule has 0 aliphatic rings. The van der Waals surface area contributed by atoms with Gasteiger partial charge in [-0.1, -0.05) is 19.1 Å². The first-order valence-electron chi connectivity index (χ1n) is 7.30. The number of rotatable bonds is 11. The van der Waals surface area contributed by atoms with Crippen molar-refractivity contribution in [3.8, 4) is 0 Å². The minimum absolute atomic E-state index is 0.420. The van der Waals surface area contributed by atoms with Gasteiger partial charge in [-0.05, 0) is 37.6 Å². The Balaban J connectivity index is 2.18. The summed E-state index contributed by atoms with van der Waals surface area (Å²) < 4.78 is 10.5. The summed E-state index contributed by atoms with van der Waals surface area (Å²) in [6.07, 6.45) is 0.970. The molecule has 0 amide bonds. The zero-order chi connectivity index (χ0) is 14.6. The van der Waals surface area contributed by atoms with Crippen molar-refractivity contribution in [3.05, 3.63) is 29.8 Å². The van der Waals surface area contributed by atoms with Crippen LogP contribution >= 0.6 is 11.8 Å². The topological polar surface area (TPSA) is 30.5 Å². The SMILES string of the molecule is CCNC(C)c1ccc(SCCOCCCOC)cc1. The predicted octanol–water partition coefficient (Wildman–Crippen LogP) is 3.50. The zero-order valence-electron chi connectivity index (χ0n) is 12.9. The van der Waals surface area contributed by atoms with Crippen LogP contribution in [0.4, 0.5) is 0 Å². The van der Waals surface area contributed by atoms with Gasteiger partial charge < -0.3 is 14.8 Å². The van der Waals surface area contributed by atoms with Crippen LogP contribution in [0.1, 0.15) is 31.9 Å². The van der Waals surface area contributed by atoms with Crippen LogP contribution in [0.5, 0.6) is 0 Å². The molecule has 0 spiro atoms. The molecule has 1 N–H and O–H groups in total. The second-order valence-electron chi connectivity index (χ2n) is 4.66. The third-order valence-corrected chi connectivity index (χ3v) is 4.00. The van der Waals surface area contributed by atoms with E-state index in [-0.39, 0.29) is 0 Å². The lowest BCUT2D eigenvalue weighted by molar-refractivity contribution is 0.113. The molecule has 1 atom stereocenters. The van der Waals surface area contributed by atoms with Crippen LogP contribution in [0.25, 0.3) is 0 Å². The molecular formula is C16H27NO2S. The summed E-state index contributed by atoms with van der Waals surface area (Å²) in [6, 6.07) is 9.21. The smallest absolute Gasteiger partial charge is 0.0560 e. The van der Waals surface area contributed by atoms with Gasteiger partial charge >= 0.3 is 0 Å². The minimum atomic E-state index is 0.420. The van der Waals surface area contributed by atoms with Gasteiger partial charge in [-0.3, -0.25) is 0 Å². The quantitative estimate of drug-likeness (QED) is 0.500. The zero-order valence-corrected chi connectivity index (χ0v) is 13.7. The lowest BCUT2D eigenvalue weighted by Crippen LogP contribution is -2.17. The fourth-order valence-corrected chi connectivity index (χ4v) is 2.67. The minimum Gasteiger partial charge on any atom is -0.385 e. The first-order valence-corrected chi connectivity index (χ1v) is 8.29. The van der Waals surface area contributed by atoms with Crippen LogP contribution in [0.2, 0.25) is 0 Å². The van der Waals surface area contributed by atoms with Crippen LogP contribution in [-0.2, 0) is 9.47 Å². The summed E-state index contributed by atoms with van der Waals surface area (Å²) in [4.78, 5) is 1.30. The van der Waals surface area contributed by atoms with E-state index in [1.54, 1.807) is 7.11 Å². The van der Waals surface area contributed by atoms with Gasteiger partial charge in [0, 0.05) is 37.0 Å². The second kappa shape index (κ2) is 11.1. The van der Waals surface area contributed by atoms with Crippen LogP contribution in [-0.4, -0.2) is 39.2 Å². The van der Waals surface area contributed by atoms with Gasteiger partial charge in [0.25, 0.3) is 0 Å². The standard InChI is InChI=1S/C16H27NO2S/c1-4-17-14(2)15-6-8-16(9-7-15)20-13-12-19-11-5-10-18-3/h6-9,14,17H,4-5,10-13H2,1-3H3. The van der Waals surface area contributed by atoms with E-state index in [0.717, 1.165) is 38.5 Å². The van der Waals surface area contributed by atoms with Gasteiger partial charge in [0.15, 0.2) is 0 Å². The van der Waals surface area contributed by atoms with Crippen molar-refractivity contribution >= 4 is 11.8 Å². The highest BCUT2D eigenvalue weighted by Crippen LogP contribution is 2.20. The Morgan fingerprint density at radius 3 is 2.55 bits per heavy atom. The van der Waals surface area contributed by atoms with Crippen molar-refractivity contribution in [2.75, 3.05) is 39.2 Å². The molecule has 0 aliphatic carbocycles. The number of thioether (sulfide) groups is 1. The van der Waals surface area contributed by atoms with E-state index in [0.29, 0.717) is 6.04 Å². The fraction of sp³-hybridized carbons (Fsp3) is 0.625. The summed E-state index contributed by atoms with van der Waals surface area (Å²) in [5, 5.41) is 3.42. The van der Waals surface area contributed by atoms with E-state index < -0.39 is 0 Å². The van der Waals surface area contributed by atoms with Crippen LogP contribution in [0, 0.1) is 0 Å². The molecule has 114 valence electrons. The molecule has 20 heavy (non-hydrogen) atoms. The average Bonchev–Trinajstić information content (AvgIpc) is 2.47. The summed E-state index contributed by atoms with van der Waals surface area (Å²) in [6.45, 7) is 7.68. The lowest BCUT2D eigenvalue weighted by Gasteiger charge is -2.13. The van der Waals surface area contributed by atoms with Crippen molar-refractivity contribution in [2.24, 2.45) is 0 Å². The Morgan fingerprint density at radius 1 is 1.15 bits per heavy atom. The van der Waals surface area contributed by atoms with Gasteiger partial charge in [0.2, 0.25) is 0 Å². The van der Waals surface area contributed by atoms with E-state index >= 15 is 0 Å². The van der Waals surface area contributed by atoms with E-state index in [9.17, 15) is 0 Å². The molecule has 1 aromatic rings. The predicted molar refractivity (Wildman–Crippen MR) is 86.6 cm³/mol. The summed E-state index contributed by atoms with van der Waals surface area (Å²) in [7, 11) is 1.72. The molecule has 1 aromatic carbocycles. The van der Waals surface area contributed by atoms with Crippen LogP contribution in [0.15, 0.2) is 29.2 Å². The van der Waals surface area contributed by atoms with E-state index in [1.165, 1.54) is 10.5 Å². The first kappa shape index (κ1) is 17.5. The number of benzene rings is 1. The highest BCUT2D eigenvalue weighted by molar-refractivity contribution is 7.99. The Labute approximate surface area is 127 Å². The maximum absolute atomic E-state index is 5.54. The first-order chi connectivity index (χ1) is 9.77. The van der Waals surface area contributed by atoms with Crippen molar-refractivity contribution < 1.29 is 9.47 Å². The Bertz CT molecular complexity index is 343. The monoisotopic (exact) mass is 297 g/mol. The average molecular weight is 297 g/mol. The maximum atomic E-state index is 5.54. The molecule has 1 unspecified atom stereocenters. The molecule has 0 bridgehead atoms. The second-order valence-corrected chi connectivity index (χ2v) is 5.82. The van der Waals surface area contributed by atoms with Gasteiger partial charge in [-0.2, -0.15) is 0 Å². The van der Waals surface area contributed by atoms with Gasteiger partial charge in [0.1, 0.15) is 0 Å². The molecule has 0 saturated heterocycles. The fourth-order valence-electron chi connectivity index (χ4n) is 1.90. The molecule has 0 fully saturated rings. The maximum Gasteiger partial charge on any atom is 0.0560 e. The molecule has 1 rings (SSSR count). The molecule has 0 radical (unpaired) electrons. The highest BCUT2D eigenvalue weighted by Gasteiger charge is 2.03. The molecular weight excluding hydrogens is 270 g/mol. The van der Waals surface area contributed by atoms with Crippen molar-refractivity contribution in [3.63, 3.8) is 0 Å². The third-order valence-electron chi connectivity index (χ3n) is 3.02. The highest BCUT2D eigenvalue weighted by atomic mass is 32.2. The summed E-state index contributed by atoms with van der Waals surface area (Å²) >= 11 is 1.84. The summed E-state index contributed by atoms with van der Waals surface area (Å²) in [5.74, 6) is 0.995. The molecule has 0 aliphatic heterocycles. The van der Waals surface area contributed by atoms with Crippen LogP contribution < -0.4 is 5.32 Å². The van der Waals surface area contributed by atoms with Gasteiger partial charge in [-0.25, -0.2) is 0 Å². The number of nitrogens with one attached hydrogen (secondary N) is 1. The van der Waals surface area contributed by atoms with Crippen molar-refractivity contribution in [1.82, 2.24) is 5.32 Å². The van der Waals surface area contributed by atoms with Crippen molar-refractivity contribution in [2.45, 2.75) is 31.2 Å². The molecule has 0 saturated carbocycles. The Morgan fingerprint density at radius 2 is 1.90 bits per heavy atom. The molecule has 0 aromatic heterocycles. The molecule has 3 nitrogen and oxygen atoms in total. The Kier molecular flexibility index (Phi) is 9.75. The normalized spacial score (nSPS) is 12.6. The van der Waals surface area contributed by atoms with E-state index in [4.69, 9.17) is 9.47 Å². The number of ether oxygens (including phenoxy) is 2. The number of methoxy groups -OCH3 is 1. The molecule has 0 heterocycles. The number of hydrogen-bond donors (Lipinski definition) is 1. The van der Waals surface area contributed by atoms with Gasteiger partial charge in [-0.15, -0.1) is 11.8 Å². The van der Waals surface area contributed by atoms with E-state index in [1.807, 2.05) is 11.8 Å². The Hall–Kier alpha value is -0.550. The lowest BCUT2D eigenvalue weighted by atomic mass is 10.1. The van der Waals surface area contributed by atoms with E-state index in [2.05, 4.69) is 43.4 Å². The largest absolute Gasteiger partial charge is 0.385 e. The summed E-state index contributed by atoms with van der Waals surface area (Å²) in [5.41, 5.74) is 1.34. The van der Waals surface area contributed by atoms with Gasteiger partial charge in [0.05, 0.1) is 6.61 Å². The third kappa shape index (κ3) is 7.29. The molecule has 4 heteroatoms. The number of hydrogen-bond acceptors (Lipinski definition) is 4. The van der Waals surface area contributed by atoms with Crippen LogP contribution in [0.3, 0.4) is 0 Å². The van der Waals surface area contributed by atoms with Crippen molar-refractivity contribution in [1.29, 1.82) is 0 Å².